The highest BCUT2D eigenvalue weighted by molar-refractivity contribution is 7.89. The van der Waals surface area contributed by atoms with Gasteiger partial charge in [0.25, 0.3) is 5.91 Å². The molecule has 2 aromatic rings. The number of rotatable bonds is 5. The average Bonchev–Trinajstić information content (AvgIpc) is 2.73. The first-order chi connectivity index (χ1) is 13.4. The lowest BCUT2D eigenvalue weighted by Crippen LogP contribution is -2.35. The van der Waals surface area contributed by atoms with E-state index in [-0.39, 0.29) is 17.3 Å². The molecule has 0 atom stereocenters. The molecule has 0 radical (unpaired) electrons. The molecule has 2 aromatic carbocycles. The van der Waals surface area contributed by atoms with Gasteiger partial charge in [-0.3, -0.25) is 4.79 Å². The highest BCUT2D eigenvalue weighted by Gasteiger charge is 2.27. The van der Waals surface area contributed by atoms with Crippen LogP contribution < -0.4 is 5.32 Å². The number of amides is 1. The Balaban J connectivity index is 1.78. The van der Waals surface area contributed by atoms with Gasteiger partial charge in [-0.2, -0.15) is 9.57 Å². The average molecular weight is 398 g/mol. The van der Waals surface area contributed by atoms with Crippen LogP contribution in [0.2, 0.25) is 0 Å². The lowest BCUT2D eigenvalue weighted by atomic mass is 10.1. The van der Waals surface area contributed by atoms with E-state index in [2.05, 4.69) is 11.4 Å². The van der Waals surface area contributed by atoms with Gasteiger partial charge in [-0.25, -0.2) is 8.42 Å². The van der Waals surface area contributed by atoms with Crippen molar-refractivity contribution >= 4 is 15.9 Å². The fraction of sp³-hybridized carbons (Fsp3) is 0.333. The van der Waals surface area contributed by atoms with E-state index < -0.39 is 10.0 Å². The maximum Gasteiger partial charge on any atom is 0.251 e. The van der Waals surface area contributed by atoms with Crippen molar-refractivity contribution in [3.63, 3.8) is 0 Å². The van der Waals surface area contributed by atoms with Crippen molar-refractivity contribution in [3.8, 4) is 6.07 Å². The molecule has 3 rings (SSSR count). The van der Waals surface area contributed by atoms with Crippen molar-refractivity contribution in [2.45, 2.75) is 37.6 Å². The third kappa shape index (κ3) is 4.41. The molecule has 0 spiro atoms. The quantitative estimate of drug-likeness (QED) is 0.840. The standard InChI is InChI=1S/C21H23N3O3S/c1-16-8-9-19(28(26,27)24-10-3-2-4-11-24)13-20(16)21(25)23-15-18-7-5-6-17(12-18)14-22/h5-9,12-13H,2-4,10-11,15H2,1H3,(H,23,25). The van der Waals surface area contributed by atoms with E-state index in [9.17, 15) is 13.2 Å². The third-order valence-corrected chi connectivity index (χ3v) is 6.81. The van der Waals surface area contributed by atoms with E-state index in [1.54, 1.807) is 37.3 Å². The molecule has 28 heavy (non-hydrogen) atoms. The van der Waals surface area contributed by atoms with Crippen LogP contribution in [0.4, 0.5) is 0 Å². The number of nitrogens with one attached hydrogen (secondary N) is 1. The van der Waals surface area contributed by atoms with Gasteiger partial charge >= 0.3 is 0 Å². The molecule has 0 unspecified atom stereocenters. The molecule has 6 nitrogen and oxygen atoms in total. The monoisotopic (exact) mass is 397 g/mol. The molecule has 0 saturated carbocycles. The van der Waals surface area contributed by atoms with Crippen LogP contribution >= 0.6 is 0 Å². The normalized spacial score (nSPS) is 15.0. The predicted molar refractivity (Wildman–Crippen MR) is 106 cm³/mol. The molecule has 0 aliphatic carbocycles. The Labute approximate surface area is 165 Å². The summed E-state index contributed by atoms with van der Waals surface area (Å²) in [5.74, 6) is -0.337. The van der Waals surface area contributed by atoms with E-state index in [4.69, 9.17) is 5.26 Å². The second-order valence-corrected chi connectivity index (χ2v) is 8.87. The van der Waals surface area contributed by atoms with Crippen LogP contribution in [0, 0.1) is 18.3 Å². The lowest BCUT2D eigenvalue weighted by Gasteiger charge is -2.26. The van der Waals surface area contributed by atoms with Crippen molar-refractivity contribution in [2.75, 3.05) is 13.1 Å². The minimum atomic E-state index is -3.59. The SMILES string of the molecule is Cc1ccc(S(=O)(=O)N2CCCCC2)cc1C(=O)NCc1cccc(C#N)c1. The van der Waals surface area contributed by atoms with Gasteiger partial charge in [0.2, 0.25) is 10.0 Å². The van der Waals surface area contributed by atoms with Gasteiger partial charge in [0, 0.05) is 25.2 Å². The molecule has 0 aromatic heterocycles. The van der Waals surface area contributed by atoms with Crippen LogP contribution in [0.5, 0.6) is 0 Å². The number of benzene rings is 2. The molecular weight excluding hydrogens is 374 g/mol. The Morgan fingerprint density at radius 1 is 1.14 bits per heavy atom. The highest BCUT2D eigenvalue weighted by Crippen LogP contribution is 2.23. The number of carbonyl (C=O) groups is 1. The van der Waals surface area contributed by atoms with E-state index in [1.807, 2.05) is 6.07 Å². The molecule has 1 N–H and O–H groups in total. The number of hydrogen-bond donors (Lipinski definition) is 1. The first-order valence-corrected chi connectivity index (χ1v) is 10.7. The largest absolute Gasteiger partial charge is 0.348 e. The van der Waals surface area contributed by atoms with Crippen LogP contribution in [-0.4, -0.2) is 31.7 Å². The Morgan fingerprint density at radius 2 is 1.89 bits per heavy atom. The molecule has 1 amide bonds. The molecule has 1 aliphatic rings. The number of nitrogens with zero attached hydrogens (tertiary/aromatic N) is 2. The molecule has 1 aliphatic heterocycles. The van der Waals surface area contributed by atoms with Gasteiger partial charge in [-0.15, -0.1) is 0 Å². The Kier molecular flexibility index (Phi) is 6.12. The zero-order chi connectivity index (χ0) is 20.1. The number of aryl methyl sites for hydroxylation is 1. The van der Waals surface area contributed by atoms with E-state index >= 15 is 0 Å². The number of piperidine rings is 1. The summed E-state index contributed by atoms with van der Waals surface area (Å²) in [5, 5.41) is 11.8. The second-order valence-electron chi connectivity index (χ2n) is 6.94. The van der Waals surface area contributed by atoms with Gasteiger partial charge in [0.05, 0.1) is 16.5 Å². The van der Waals surface area contributed by atoms with Crippen molar-refractivity contribution in [1.82, 2.24) is 9.62 Å². The minimum absolute atomic E-state index is 0.150. The van der Waals surface area contributed by atoms with Crippen molar-refractivity contribution in [1.29, 1.82) is 5.26 Å². The van der Waals surface area contributed by atoms with Gasteiger partial charge < -0.3 is 5.32 Å². The number of hydrogen-bond acceptors (Lipinski definition) is 4. The maximum absolute atomic E-state index is 12.9. The van der Waals surface area contributed by atoms with Crippen molar-refractivity contribution in [2.24, 2.45) is 0 Å². The fourth-order valence-corrected chi connectivity index (χ4v) is 4.83. The summed E-state index contributed by atoms with van der Waals surface area (Å²) >= 11 is 0. The van der Waals surface area contributed by atoms with Crippen LogP contribution in [0.25, 0.3) is 0 Å². The molecule has 146 valence electrons. The van der Waals surface area contributed by atoms with Crippen molar-refractivity contribution < 1.29 is 13.2 Å². The molecular formula is C21H23N3O3S. The maximum atomic E-state index is 12.9. The number of carbonyl (C=O) groups excluding carboxylic acids is 1. The highest BCUT2D eigenvalue weighted by atomic mass is 32.2. The molecule has 0 bridgehead atoms. The second kappa shape index (κ2) is 8.55. The van der Waals surface area contributed by atoms with Gasteiger partial charge in [0.1, 0.15) is 0 Å². The predicted octanol–water partition coefficient (Wildman–Crippen LogP) is 2.97. The van der Waals surface area contributed by atoms with Crippen LogP contribution in [0.1, 0.15) is 46.3 Å². The van der Waals surface area contributed by atoms with Crippen LogP contribution in [-0.2, 0) is 16.6 Å². The number of nitriles is 1. The van der Waals surface area contributed by atoms with Gasteiger partial charge in [-0.05, 0) is 55.2 Å². The summed E-state index contributed by atoms with van der Waals surface area (Å²) in [6.07, 6.45) is 2.76. The first kappa shape index (κ1) is 20.1. The zero-order valence-corrected chi connectivity index (χ0v) is 16.6. The molecule has 1 heterocycles. The van der Waals surface area contributed by atoms with E-state index in [1.165, 1.54) is 10.4 Å². The molecule has 1 fully saturated rings. The minimum Gasteiger partial charge on any atom is -0.348 e. The zero-order valence-electron chi connectivity index (χ0n) is 15.8. The Bertz CT molecular complexity index is 1020. The van der Waals surface area contributed by atoms with E-state index in [0.717, 1.165) is 24.8 Å². The molecule has 7 heteroatoms. The summed E-state index contributed by atoms with van der Waals surface area (Å²) < 4.78 is 27.3. The summed E-state index contributed by atoms with van der Waals surface area (Å²) in [4.78, 5) is 12.8. The summed E-state index contributed by atoms with van der Waals surface area (Å²) in [6.45, 7) is 3.08. The van der Waals surface area contributed by atoms with Crippen LogP contribution in [0.15, 0.2) is 47.4 Å². The summed E-state index contributed by atoms with van der Waals surface area (Å²) in [6, 6.07) is 13.8. The Hall–Kier alpha value is -2.69. The first-order valence-electron chi connectivity index (χ1n) is 9.30. The van der Waals surface area contributed by atoms with Gasteiger partial charge in [0.15, 0.2) is 0 Å². The molecule has 1 saturated heterocycles. The topological polar surface area (TPSA) is 90.3 Å². The van der Waals surface area contributed by atoms with Gasteiger partial charge in [-0.1, -0.05) is 24.6 Å². The third-order valence-electron chi connectivity index (χ3n) is 4.92. The lowest BCUT2D eigenvalue weighted by molar-refractivity contribution is 0.0950. The van der Waals surface area contributed by atoms with Crippen LogP contribution in [0.3, 0.4) is 0 Å². The smallest absolute Gasteiger partial charge is 0.251 e. The fourth-order valence-electron chi connectivity index (χ4n) is 3.29. The van der Waals surface area contributed by atoms with Crippen molar-refractivity contribution in [3.05, 3.63) is 64.7 Å². The van der Waals surface area contributed by atoms with E-state index in [0.29, 0.717) is 29.8 Å². The summed E-state index contributed by atoms with van der Waals surface area (Å²) in [5.41, 5.74) is 2.38. The Morgan fingerprint density at radius 3 is 2.61 bits per heavy atom. The number of sulfonamides is 1. The summed E-state index contributed by atoms with van der Waals surface area (Å²) in [7, 11) is -3.59.